The molecule has 0 aliphatic rings. The van der Waals surface area contributed by atoms with Crippen LogP contribution in [0.25, 0.3) is 11.4 Å². The van der Waals surface area contributed by atoms with Crippen molar-refractivity contribution in [1.82, 2.24) is 15.5 Å². The molecule has 6 nitrogen and oxygen atoms in total. The molecular formula is C18H17N3O3. The maximum absolute atomic E-state index is 11.7. The van der Waals surface area contributed by atoms with Gasteiger partial charge in [-0.1, -0.05) is 59.3 Å². The Morgan fingerprint density at radius 1 is 1.17 bits per heavy atom. The second-order valence-electron chi connectivity index (χ2n) is 5.30. The summed E-state index contributed by atoms with van der Waals surface area (Å²) < 4.78 is 10.3. The summed E-state index contributed by atoms with van der Waals surface area (Å²) in [5.74, 6) is 0.816. The molecule has 0 atom stereocenters. The SMILES string of the molecule is Cc1cccc(-c2noc(CNC(=O)OCc3ccccc3)n2)c1. The van der Waals surface area contributed by atoms with Crippen molar-refractivity contribution in [3.8, 4) is 11.4 Å². The van der Waals surface area contributed by atoms with Gasteiger partial charge in [-0.15, -0.1) is 0 Å². The summed E-state index contributed by atoms with van der Waals surface area (Å²) in [5.41, 5.74) is 2.91. The van der Waals surface area contributed by atoms with Gasteiger partial charge in [0.15, 0.2) is 0 Å². The number of ether oxygens (including phenoxy) is 1. The van der Waals surface area contributed by atoms with Crippen molar-refractivity contribution < 1.29 is 14.1 Å². The summed E-state index contributed by atoms with van der Waals surface area (Å²) in [7, 11) is 0. The molecule has 0 radical (unpaired) electrons. The zero-order valence-electron chi connectivity index (χ0n) is 13.2. The van der Waals surface area contributed by atoms with Crippen molar-refractivity contribution in [3.05, 3.63) is 71.6 Å². The number of alkyl carbamates (subject to hydrolysis) is 1. The highest BCUT2D eigenvalue weighted by Crippen LogP contribution is 2.16. The van der Waals surface area contributed by atoms with Crippen LogP contribution in [-0.4, -0.2) is 16.2 Å². The third-order valence-corrected chi connectivity index (χ3v) is 3.34. The lowest BCUT2D eigenvalue weighted by atomic mass is 10.1. The second-order valence-corrected chi connectivity index (χ2v) is 5.30. The summed E-state index contributed by atoms with van der Waals surface area (Å²) in [6, 6.07) is 17.3. The van der Waals surface area contributed by atoms with Gasteiger partial charge in [0.05, 0.1) is 0 Å². The number of aromatic nitrogens is 2. The predicted octanol–water partition coefficient (Wildman–Crippen LogP) is 3.47. The minimum atomic E-state index is -0.533. The van der Waals surface area contributed by atoms with E-state index < -0.39 is 6.09 Å². The molecule has 2 aromatic carbocycles. The van der Waals surface area contributed by atoms with Crippen LogP contribution in [-0.2, 0) is 17.9 Å². The normalized spacial score (nSPS) is 10.4. The molecule has 0 unspecified atom stereocenters. The summed E-state index contributed by atoms with van der Waals surface area (Å²) in [4.78, 5) is 16.0. The molecule has 122 valence electrons. The van der Waals surface area contributed by atoms with Crippen molar-refractivity contribution in [2.75, 3.05) is 0 Å². The Kier molecular flexibility index (Phi) is 4.86. The Labute approximate surface area is 139 Å². The van der Waals surface area contributed by atoms with E-state index in [-0.39, 0.29) is 13.2 Å². The van der Waals surface area contributed by atoms with E-state index in [1.54, 1.807) is 0 Å². The second kappa shape index (κ2) is 7.41. The van der Waals surface area contributed by atoms with Crippen LogP contribution in [0.1, 0.15) is 17.0 Å². The van der Waals surface area contributed by atoms with E-state index in [1.165, 1.54) is 0 Å². The Bertz CT molecular complexity index is 815. The third kappa shape index (κ3) is 4.19. The number of benzene rings is 2. The minimum absolute atomic E-state index is 0.117. The highest BCUT2D eigenvalue weighted by Gasteiger charge is 2.10. The molecule has 1 amide bonds. The molecule has 3 aromatic rings. The summed E-state index contributed by atoms with van der Waals surface area (Å²) in [5, 5.41) is 6.51. The number of hydrogen-bond donors (Lipinski definition) is 1. The number of nitrogens with one attached hydrogen (secondary N) is 1. The van der Waals surface area contributed by atoms with Gasteiger partial charge in [-0.2, -0.15) is 4.98 Å². The molecule has 1 N–H and O–H groups in total. The average Bonchev–Trinajstić information content (AvgIpc) is 3.08. The predicted molar refractivity (Wildman–Crippen MR) is 87.9 cm³/mol. The topological polar surface area (TPSA) is 77.2 Å². The van der Waals surface area contributed by atoms with Gasteiger partial charge < -0.3 is 14.6 Å². The van der Waals surface area contributed by atoms with Gasteiger partial charge in [-0.05, 0) is 18.6 Å². The maximum atomic E-state index is 11.7. The van der Waals surface area contributed by atoms with Gasteiger partial charge in [0.2, 0.25) is 11.7 Å². The number of carbonyl (C=O) groups is 1. The van der Waals surface area contributed by atoms with Crippen LogP contribution < -0.4 is 5.32 Å². The molecule has 1 heterocycles. The van der Waals surface area contributed by atoms with Crippen LogP contribution in [0.5, 0.6) is 0 Å². The zero-order valence-corrected chi connectivity index (χ0v) is 13.2. The van der Waals surface area contributed by atoms with Crippen LogP contribution >= 0.6 is 0 Å². The first-order chi connectivity index (χ1) is 11.7. The molecular weight excluding hydrogens is 306 g/mol. The van der Waals surface area contributed by atoms with E-state index >= 15 is 0 Å². The molecule has 0 bridgehead atoms. The number of hydrogen-bond acceptors (Lipinski definition) is 5. The molecule has 0 saturated heterocycles. The number of amides is 1. The van der Waals surface area contributed by atoms with E-state index in [9.17, 15) is 4.79 Å². The lowest BCUT2D eigenvalue weighted by Crippen LogP contribution is -2.23. The first-order valence-corrected chi connectivity index (χ1v) is 7.55. The molecule has 6 heteroatoms. The van der Waals surface area contributed by atoms with Crippen molar-refractivity contribution in [2.45, 2.75) is 20.1 Å². The van der Waals surface area contributed by atoms with E-state index in [4.69, 9.17) is 9.26 Å². The summed E-state index contributed by atoms with van der Waals surface area (Å²) in [6.45, 7) is 2.33. The van der Waals surface area contributed by atoms with Gasteiger partial charge in [-0.25, -0.2) is 4.79 Å². The number of rotatable bonds is 5. The largest absolute Gasteiger partial charge is 0.445 e. The molecule has 24 heavy (non-hydrogen) atoms. The van der Waals surface area contributed by atoms with Gasteiger partial charge in [-0.3, -0.25) is 0 Å². The van der Waals surface area contributed by atoms with Crippen LogP contribution in [0.2, 0.25) is 0 Å². The lowest BCUT2D eigenvalue weighted by Gasteiger charge is -2.05. The number of carbonyl (C=O) groups excluding carboxylic acids is 1. The Hall–Kier alpha value is -3.15. The van der Waals surface area contributed by atoms with E-state index in [0.29, 0.717) is 11.7 Å². The zero-order chi connectivity index (χ0) is 16.8. The third-order valence-electron chi connectivity index (χ3n) is 3.34. The van der Waals surface area contributed by atoms with E-state index in [2.05, 4.69) is 15.5 Å². The fraction of sp³-hybridized carbons (Fsp3) is 0.167. The number of aryl methyl sites for hydroxylation is 1. The van der Waals surface area contributed by atoms with E-state index in [0.717, 1.165) is 16.7 Å². The molecule has 0 fully saturated rings. The highest BCUT2D eigenvalue weighted by molar-refractivity contribution is 5.67. The van der Waals surface area contributed by atoms with Crippen molar-refractivity contribution in [1.29, 1.82) is 0 Å². The van der Waals surface area contributed by atoms with Gasteiger partial charge in [0, 0.05) is 5.56 Å². The van der Waals surface area contributed by atoms with E-state index in [1.807, 2.05) is 61.5 Å². The van der Waals surface area contributed by atoms with Crippen molar-refractivity contribution in [2.24, 2.45) is 0 Å². The van der Waals surface area contributed by atoms with Gasteiger partial charge >= 0.3 is 6.09 Å². The number of nitrogens with zero attached hydrogens (tertiary/aromatic N) is 2. The Morgan fingerprint density at radius 3 is 2.79 bits per heavy atom. The van der Waals surface area contributed by atoms with Gasteiger partial charge in [0.1, 0.15) is 13.2 Å². The molecule has 0 spiro atoms. The highest BCUT2D eigenvalue weighted by atomic mass is 16.5. The Morgan fingerprint density at radius 2 is 2.00 bits per heavy atom. The van der Waals surface area contributed by atoms with Gasteiger partial charge in [0.25, 0.3) is 0 Å². The molecule has 0 aliphatic heterocycles. The smallest absolute Gasteiger partial charge is 0.407 e. The average molecular weight is 323 g/mol. The molecule has 1 aromatic heterocycles. The fourth-order valence-corrected chi connectivity index (χ4v) is 2.15. The van der Waals surface area contributed by atoms with Crippen LogP contribution in [0, 0.1) is 6.92 Å². The summed E-state index contributed by atoms with van der Waals surface area (Å²) >= 11 is 0. The standard InChI is InChI=1S/C18H17N3O3/c1-13-6-5-9-15(10-13)17-20-16(24-21-17)11-19-18(22)23-12-14-7-3-2-4-8-14/h2-10H,11-12H2,1H3,(H,19,22). The van der Waals surface area contributed by atoms with Crippen molar-refractivity contribution >= 4 is 6.09 Å². The first kappa shape index (κ1) is 15.7. The quantitative estimate of drug-likeness (QED) is 0.778. The lowest BCUT2D eigenvalue weighted by molar-refractivity contribution is 0.138. The van der Waals surface area contributed by atoms with Crippen LogP contribution in [0.15, 0.2) is 59.1 Å². The molecule has 3 rings (SSSR count). The monoisotopic (exact) mass is 323 g/mol. The molecule has 0 saturated carbocycles. The minimum Gasteiger partial charge on any atom is -0.445 e. The summed E-state index contributed by atoms with van der Waals surface area (Å²) in [6.07, 6.45) is -0.533. The van der Waals surface area contributed by atoms with Crippen LogP contribution in [0.3, 0.4) is 0 Å². The maximum Gasteiger partial charge on any atom is 0.407 e. The fourth-order valence-electron chi connectivity index (χ4n) is 2.15. The van der Waals surface area contributed by atoms with Crippen molar-refractivity contribution in [3.63, 3.8) is 0 Å². The first-order valence-electron chi connectivity index (χ1n) is 7.55. The van der Waals surface area contributed by atoms with Crippen LogP contribution in [0.4, 0.5) is 4.79 Å². The Balaban J connectivity index is 1.51. The molecule has 0 aliphatic carbocycles.